The monoisotopic (exact) mass is 496 g/mol. The number of sulfone groups is 1. The largest absolute Gasteiger partial charge is 0.480 e. The Kier molecular flexibility index (Phi) is 5.74. The number of aryl methyl sites for hydroxylation is 1. The highest BCUT2D eigenvalue weighted by Crippen LogP contribution is 2.48. The first-order valence-electron chi connectivity index (χ1n) is 10.7. The Hall–Kier alpha value is -2.95. The Balaban J connectivity index is 1.74. The van der Waals surface area contributed by atoms with Gasteiger partial charge in [-0.25, -0.2) is 13.2 Å². The summed E-state index contributed by atoms with van der Waals surface area (Å²) in [5.41, 5.74) is -0.866. The van der Waals surface area contributed by atoms with E-state index in [2.05, 4.69) is 4.98 Å². The molecule has 1 saturated carbocycles. The van der Waals surface area contributed by atoms with Crippen molar-refractivity contribution in [2.75, 3.05) is 6.54 Å². The summed E-state index contributed by atoms with van der Waals surface area (Å²) in [5, 5.41) is 8.10. The van der Waals surface area contributed by atoms with Gasteiger partial charge >= 0.3 is 12.1 Å². The molecule has 11 heteroatoms. The highest BCUT2D eigenvalue weighted by atomic mass is 32.2. The van der Waals surface area contributed by atoms with Crippen LogP contribution in [0.1, 0.15) is 37.4 Å². The zero-order chi connectivity index (χ0) is 25.1. The summed E-state index contributed by atoms with van der Waals surface area (Å²) in [4.78, 5) is 28.6. The van der Waals surface area contributed by atoms with E-state index in [4.69, 9.17) is 0 Å². The number of carbonyl (C=O) groups is 2. The van der Waals surface area contributed by atoms with Crippen molar-refractivity contribution in [3.63, 3.8) is 0 Å². The summed E-state index contributed by atoms with van der Waals surface area (Å²) >= 11 is 0. The molecule has 0 radical (unpaired) electrons. The summed E-state index contributed by atoms with van der Waals surface area (Å²) in [6.07, 6.45) is -2.88. The molecule has 0 spiro atoms. The lowest BCUT2D eigenvalue weighted by Crippen LogP contribution is -2.44. The molecule has 1 amide bonds. The molecule has 1 aliphatic heterocycles. The number of carboxylic acid groups (broad SMARTS) is 1. The first-order chi connectivity index (χ1) is 15.7. The van der Waals surface area contributed by atoms with Gasteiger partial charge in [-0.2, -0.15) is 13.2 Å². The van der Waals surface area contributed by atoms with E-state index in [1.54, 1.807) is 19.9 Å². The van der Waals surface area contributed by atoms with Crippen molar-refractivity contribution in [3.8, 4) is 11.1 Å². The van der Waals surface area contributed by atoms with Crippen LogP contribution in [0.4, 0.5) is 13.2 Å². The molecule has 34 heavy (non-hydrogen) atoms. The van der Waals surface area contributed by atoms with Crippen LogP contribution in [-0.4, -0.2) is 53.1 Å². The van der Waals surface area contributed by atoms with Crippen molar-refractivity contribution in [1.82, 2.24) is 9.88 Å². The Morgan fingerprint density at radius 2 is 1.79 bits per heavy atom. The SMILES string of the molecule is Cc1cc(-c2ccc(S(=O)(=O)[C@@H]3C[C@@H](C(=O)O)N(C(=O)C4(C)CC4)C3)c(C(F)(F)F)c2)ccn1. The van der Waals surface area contributed by atoms with Gasteiger partial charge < -0.3 is 10.0 Å². The molecule has 1 N–H and O–H groups in total. The third kappa shape index (κ3) is 4.28. The number of aliphatic carboxylic acids is 1. The molecule has 0 unspecified atom stereocenters. The van der Waals surface area contributed by atoms with Crippen molar-refractivity contribution >= 4 is 21.7 Å². The van der Waals surface area contributed by atoms with Gasteiger partial charge in [-0.05, 0) is 61.6 Å². The number of rotatable bonds is 5. The number of aromatic nitrogens is 1. The number of carbonyl (C=O) groups excluding carboxylic acids is 1. The van der Waals surface area contributed by atoms with Crippen LogP contribution in [0.25, 0.3) is 11.1 Å². The van der Waals surface area contributed by atoms with Gasteiger partial charge in [-0.1, -0.05) is 13.0 Å². The number of benzene rings is 1. The number of alkyl halides is 3. The predicted octanol–water partition coefficient (Wildman–Crippen LogP) is 3.70. The maximum Gasteiger partial charge on any atom is 0.417 e. The van der Waals surface area contributed by atoms with Crippen molar-refractivity contribution in [3.05, 3.63) is 47.8 Å². The molecule has 4 rings (SSSR count). The molecule has 2 fully saturated rings. The third-order valence-corrected chi connectivity index (χ3v) is 8.77. The second kappa shape index (κ2) is 8.07. The quantitative estimate of drug-likeness (QED) is 0.677. The number of amides is 1. The zero-order valence-electron chi connectivity index (χ0n) is 18.5. The molecule has 2 aliphatic rings. The normalized spacial score (nSPS) is 22.0. The maximum absolute atomic E-state index is 14.0. The van der Waals surface area contributed by atoms with Gasteiger partial charge in [-0.15, -0.1) is 0 Å². The molecule has 1 aromatic carbocycles. The Bertz CT molecular complexity index is 1270. The lowest BCUT2D eigenvalue weighted by atomic mass is 10.0. The number of nitrogens with zero attached hydrogens (tertiary/aromatic N) is 2. The van der Waals surface area contributed by atoms with Crippen LogP contribution in [0.5, 0.6) is 0 Å². The molecule has 1 saturated heterocycles. The van der Waals surface area contributed by atoms with Crippen LogP contribution in [0, 0.1) is 12.3 Å². The van der Waals surface area contributed by atoms with E-state index in [0.717, 1.165) is 17.0 Å². The zero-order valence-corrected chi connectivity index (χ0v) is 19.3. The number of halogens is 3. The van der Waals surface area contributed by atoms with Gasteiger partial charge in [-0.3, -0.25) is 9.78 Å². The molecule has 2 heterocycles. The summed E-state index contributed by atoms with van der Waals surface area (Å²) in [5.74, 6) is -1.85. The molecule has 2 aromatic rings. The summed E-state index contributed by atoms with van der Waals surface area (Å²) in [6, 6.07) is 4.67. The predicted molar refractivity (Wildman–Crippen MR) is 115 cm³/mol. The second-order valence-electron chi connectivity index (χ2n) is 9.17. The average Bonchev–Trinajstić information content (AvgIpc) is 3.34. The van der Waals surface area contributed by atoms with Crippen LogP contribution < -0.4 is 0 Å². The minimum absolute atomic E-state index is 0.171. The van der Waals surface area contributed by atoms with Gasteiger partial charge in [0.1, 0.15) is 6.04 Å². The minimum Gasteiger partial charge on any atom is -0.480 e. The molecule has 182 valence electrons. The second-order valence-corrected chi connectivity index (χ2v) is 11.4. The van der Waals surface area contributed by atoms with Crippen LogP contribution in [0.2, 0.25) is 0 Å². The van der Waals surface area contributed by atoms with Gasteiger partial charge in [0.25, 0.3) is 0 Å². The van der Waals surface area contributed by atoms with E-state index in [9.17, 15) is 36.3 Å². The van der Waals surface area contributed by atoms with E-state index in [-0.39, 0.29) is 5.56 Å². The van der Waals surface area contributed by atoms with Crippen molar-refractivity contribution in [2.45, 2.75) is 55.5 Å². The van der Waals surface area contributed by atoms with Crippen LogP contribution in [0.15, 0.2) is 41.4 Å². The lowest BCUT2D eigenvalue weighted by molar-refractivity contribution is -0.150. The van der Waals surface area contributed by atoms with Crippen molar-refractivity contribution in [1.29, 1.82) is 0 Å². The van der Waals surface area contributed by atoms with Crippen molar-refractivity contribution in [2.24, 2.45) is 5.41 Å². The molecule has 1 aliphatic carbocycles. The van der Waals surface area contributed by atoms with Gasteiger partial charge in [0.2, 0.25) is 5.91 Å². The van der Waals surface area contributed by atoms with E-state index in [1.165, 1.54) is 18.3 Å². The number of carboxylic acids is 1. The topological polar surface area (TPSA) is 105 Å². The number of hydrogen-bond acceptors (Lipinski definition) is 5. The first kappa shape index (κ1) is 24.2. The minimum atomic E-state index is -4.97. The fourth-order valence-electron chi connectivity index (χ4n) is 4.31. The van der Waals surface area contributed by atoms with Crippen LogP contribution in [-0.2, 0) is 25.6 Å². The van der Waals surface area contributed by atoms with Crippen LogP contribution >= 0.6 is 0 Å². The number of pyridine rings is 1. The fraction of sp³-hybridized carbons (Fsp3) is 0.435. The Morgan fingerprint density at radius 1 is 1.15 bits per heavy atom. The lowest BCUT2D eigenvalue weighted by Gasteiger charge is -2.24. The van der Waals surface area contributed by atoms with Gasteiger partial charge in [0, 0.05) is 23.9 Å². The molecule has 2 atom stereocenters. The van der Waals surface area contributed by atoms with E-state index >= 15 is 0 Å². The third-order valence-electron chi connectivity index (χ3n) is 6.59. The molecular weight excluding hydrogens is 473 g/mol. The van der Waals surface area contributed by atoms with Crippen molar-refractivity contribution < 1.29 is 36.3 Å². The van der Waals surface area contributed by atoms with Gasteiger partial charge in [0.15, 0.2) is 9.84 Å². The molecular formula is C23H23F3N2O5S. The summed E-state index contributed by atoms with van der Waals surface area (Å²) in [6.45, 7) is 2.88. The number of hydrogen-bond donors (Lipinski definition) is 1. The fourth-order valence-corrected chi connectivity index (χ4v) is 6.20. The highest BCUT2D eigenvalue weighted by molar-refractivity contribution is 7.92. The Morgan fingerprint density at radius 3 is 2.35 bits per heavy atom. The standard InChI is InChI=1S/C23H23F3N2O5S/c1-13-9-15(5-8-27-13)14-3-4-19(17(10-14)23(24,25)26)34(32,33)16-11-18(20(29)30)28(12-16)21(31)22(2)6-7-22/h3-5,8-10,16,18H,6-7,11-12H2,1-2H3,(H,29,30)/t16-,18+/m1/s1. The van der Waals surface area contributed by atoms with E-state index in [1.807, 2.05) is 0 Å². The highest BCUT2D eigenvalue weighted by Gasteiger charge is 2.54. The first-order valence-corrected chi connectivity index (χ1v) is 12.2. The molecule has 7 nitrogen and oxygen atoms in total. The summed E-state index contributed by atoms with van der Waals surface area (Å²) in [7, 11) is -4.61. The average molecular weight is 497 g/mol. The van der Waals surface area contributed by atoms with E-state index < -0.39 is 68.0 Å². The Labute approximate surface area is 194 Å². The van der Waals surface area contributed by atoms with Gasteiger partial charge in [0.05, 0.1) is 15.7 Å². The maximum atomic E-state index is 14.0. The molecule has 0 bridgehead atoms. The smallest absolute Gasteiger partial charge is 0.417 e. The summed E-state index contributed by atoms with van der Waals surface area (Å²) < 4.78 is 68.7. The molecule has 1 aromatic heterocycles. The number of likely N-dealkylation sites (tertiary alicyclic amines) is 1. The van der Waals surface area contributed by atoms with E-state index in [0.29, 0.717) is 24.1 Å². The van der Waals surface area contributed by atoms with Crippen LogP contribution in [0.3, 0.4) is 0 Å².